The first-order chi connectivity index (χ1) is 7.29. The van der Waals surface area contributed by atoms with Crippen LogP contribution in [0.25, 0.3) is 0 Å². The molecule has 0 saturated carbocycles. The third kappa shape index (κ3) is 2.96. The average Bonchev–Trinajstić information content (AvgIpc) is 2.63. The van der Waals surface area contributed by atoms with Gasteiger partial charge in [0, 0.05) is 26.1 Å². The van der Waals surface area contributed by atoms with Crippen molar-refractivity contribution in [2.45, 2.75) is 46.4 Å². The summed E-state index contributed by atoms with van der Waals surface area (Å²) in [6.45, 7) is 7.57. The lowest BCUT2D eigenvalue weighted by Crippen LogP contribution is -2.22. The van der Waals surface area contributed by atoms with Crippen LogP contribution < -0.4 is 4.74 Å². The van der Waals surface area contributed by atoms with Crippen LogP contribution in [-0.4, -0.2) is 23.0 Å². The minimum absolute atomic E-state index is 0.305. The maximum atomic E-state index is 5.60. The van der Waals surface area contributed by atoms with Gasteiger partial charge < -0.3 is 9.47 Å². The molecule has 1 unspecified atom stereocenters. The van der Waals surface area contributed by atoms with Crippen LogP contribution in [0.5, 0.6) is 5.88 Å². The molecule has 2 rings (SSSR count). The molecule has 0 amide bonds. The van der Waals surface area contributed by atoms with E-state index in [1.165, 1.54) is 0 Å². The van der Waals surface area contributed by atoms with Crippen LogP contribution in [-0.2, 0) is 17.9 Å². The minimum atomic E-state index is 0.305. The highest BCUT2D eigenvalue weighted by molar-refractivity contribution is 5.17. The van der Waals surface area contributed by atoms with Crippen LogP contribution in [0.15, 0.2) is 6.07 Å². The molecule has 0 saturated heterocycles. The Hall–Kier alpha value is -1.03. The minimum Gasteiger partial charge on any atom is -0.475 e. The van der Waals surface area contributed by atoms with E-state index in [0.29, 0.717) is 12.7 Å². The molecule has 0 aliphatic carbocycles. The largest absolute Gasteiger partial charge is 0.475 e. The first-order valence-electron chi connectivity index (χ1n) is 5.52. The van der Waals surface area contributed by atoms with E-state index in [0.717, 1.165) is 24.5 Å². The lowest BCUT2D eigenvalue weighted by Gasteiger charge is -2.20. The summed E-state index contributed by atoms with van der Waals surface area (Å²) in [6.07, 6.45) is 1.33. The van der Waals surface area contributed by atoms with Gasteiger partial charge in [-0.2, -0.15) is 5.10 Å². The Bertz CT molecular complexity index is 297. The Morgan fingerprint density at radius 3 is 3.00 bits per heavy atom. The van der Waals surface area contributed by atoms with Crippen molar-refractivity contribution in [3.05, 3.63) is 11.8 Å². The molecule has 0 aromatic carbocycles. The molecule has 1 atom stereocenters. The van der Waals surface area contributed by atoms with Crippen molar-refractivity contribution >= 4 is 0 Å². The number of hydrogen-bond acceptors (Lipinski definition) is 3. The molecule has 0 bridgehead atoms. The molecule has 15 heavy (non-hydrogen) atoms. The van der Waals surface area contributed by atoms with E-state index in [4.69, 9.17) is 9.47 Å². The molecule has 2 heterocycles. The predicted molar refractivity (Wildman–Crippen MR) is 59.0 cm³/mol. The van der Waals surface area contributed by atoms with Crippen LogP contribution >= 0.6 is 0 Å². The second-order valence-corrected chi connectivity index (χ2v) is 3.35. The highest BCUT2D eigenvalue weighted by Gasteiger charge is 2.17. The molecule has 1 aromatic heterocycles. The molecule has 0 radical (unpaired) electrons. The van der Waals surface area contributed by atoms with Gasteiger partial charge in [-0.15, -0.1) is 0 Å². The fraction of sp³-hybridized carbons (Fsp3) is 0.727. The average molecular weight is 212 g/mol. The Morgan fingerprint density at radius 1 is 1.60 bits per heavy atom. The van der Waals surface area contributed by atoms with E-state index < -0.39 is 0 Å². The highest BCUT2D eigenvalue weighted by Crippen LogP contribution is 2.21. The van der Waals surface area contributed by atoms with Crippen LogP contribution in [0.3, 0.4) is 0 Å². The zero-order valence-electron chi connectivity index (χ0n) is 9.99. The predicted octanol–water partition coefficient (Wildman–Crippen LogP) is 2.23. The molecule has 86 valence electrons. The maximum absolute atomic E-state index is 5.60. The van der Waals surface area contributed by atoms with Crippen molar-refractivity contribution in [1.29, 1.82) is 0 Å². The van der Waals surface area contributed by atoms with E-state index in [-0.39, 0.29) is 0 Å². The quantitative estimate of drug-likeness (QED) is 0.754. The summed E-state index contributed by atoms with van der Waals surface area (Å²) < 4.78 is 12.5. The van der Waals surface area contributed by atoms with Crippen molar-refractivity contribution in [3.8, 4) is 5.88 Å². The van der Waals surface area contributed by atoms with Gasteiger partial charge in [-0.3, -0.25) is 0 Å². The zero-order chi connectivity index (χ0) is 11.3. The molecular weight excluding hydrogens is 192 g/mol. The molecule has 1 aliphatic heterocycles. The van der Waals surface area contributed by atoms with Crippen LogP contribution in [0.4, 0.5) is 0 Å². The maximum Gasteiger partial charge on any atom is 0.212 e. The molecule has 1 aromatic rings. The molecular formula is C11H20N2O2. The number of aryl methyl sites for hydroxylation is 1. The summed E-state index contributed by atoms with van der Waals surface area (Å²) in [5.74, 6) is 0.866. The number of nitrogens with zero attached hydrogens (tertiary/aromatic N) is 2. The monoisotopic (exact) mass is 212 g/mol. The lowest BCUT2D eigenvalue weighted by molar-refractivity contribution is 0.148. The first-order valence-corrected chi connectivity index (χ1v) is 5.52. The summed E-state index contributed by atoms with van der Waals surface area (Å²) in [5, 5.41) is 4.34. The zero-order valence-corrected chi connectivity index (χ0v) is 9.99. The fourth-order valence-electron chi connectivity index (χ4n) is 1.49. The molecule has 4 nitrogen and oxygen atoms in total. The summed E-state index contributed by atoms with van der Waals surface area (Å²) >= 11 is 0. The number of ether oxygens (including phenoxy) is 2. The number of hydrogen-bond donors (Lipinski definition) is 0. The van der Waals surface area contributed by atoms with E-state index in [2.05, 4.69) is 12.0 Å². The first kappa shape index (κ1) is 12.0. The van der Waals surface area contributed by atoms with E-state index in [9.17, 15) is 0 Å². The molecule has 1 aliphatic rings. The Labute approximate surface area is 91.2 Å². The fourth-order valence-corrected chi connectivity index (χ4v) is 1.49. The topological polar surface area (TPSA) is 36.3 Å². The van der Waals surface area contributed by atoms with Gasteiger partial charge in [0.1, 0.15) is 0 Å². The SMILES string of the molecule is CC.COCc1cc2n(n1)CCC(C)O2. The summed E-state index contributed by atoms with van der Waals surface area (Å²) in [4.78, 5) is 0. The highest BCUT2D eigenvalue weighted by atomic mass is 16.5. The van der Waals surface area contributed by atoms with Crippen molar-refractivity contribution in [2.75, 3.05) is 7.11 Å². The Balaban J connectivity index is 0.000000531. The van der Waals surface area contributed by atoms with Crippen molar-refractivity contribution in [2.24, 2.45) is 0 Å². The molecule has 0 spiro atoms. The van der Waals surface area contributed by atoms with Gasteiger partial charge >= 0.3 is 0 Å². The van der Waals surface area contributed by atoms with Gasteiger partial charge in [0.05, 0.1) is 18.4 Å². The number of aromatic nitrogens is 2. The lowest BCUT2D eigenvalue weighted by atomic mass is 10.2. The van der Waals surface area contributed by atoms with Crippen LogP contribution in [0.2, 0.25) is 0 Å². The molecule has 0 N–H and O–H groups in total. The standard InChI is InChI=1S/C9H14N2O2.C2H6/c1-7-3-4-11-9(13-7)5-8(10-11)6-12-2;1-2/h5,7H,3-4,6H2,1-2H3;1-2H3. The Kier molecular flexibility index (Phi) is 4.62. The van der Waals surface area contributed by atoms with Gasteiger partial charge in [0.25, 0.3) is 0 Å². The van der Waals surface area contributed by atoms with Crippen molar-refractivity contribution < 1.29 is 9.47 Å². The van der Waals surface area contributed by atoms with Crippen LogP contribution in [0, 0.1) is 0 Å². The van der Waals surface area contributed by atoms with Gasteiger partial charge in [-0.05, 0) is 6.92 Å². The summed E-state index contributed by atoms with van der Waals surface area (Å²) in [6, 6.07) is 1.94. The van der Waals surface area contributed by atoms with Gasteiger partial charge in [0.15, 0.2) is 0 Å². The third-order valence-electron chi connectivity index (χ3n) is 2.16. The molecule has 0 fully saturated rings. The van der Waals surface area contributed by atoms with Crippen molar-refractivity contribution in [3.63, 3.8) is 0 Å². The normalized spacial score (nSPS) is 18.5. The number of rotatable bonds is 2. The van der Waals surface area contributed by atoms with Crippen LogP contribution in [0.1, 0.15) is 32.9 Å². The summed E-state index contributed by atoms with van der Waals surface area (Å²) in [7, 11) is 1.67. The third-order valence-corrected chi connectivity index (χ3v) is 2.16. The van der Waals surface area contributed by atoms with Gasteiger partial charge in [-0.25, -0.2) is 4.68 Å². The summed E-state index contributed by atoms with van der Waals surface area (Å²) in [5.41, 5.74) is 0.937. The smallest absolute Gasteiger partial charge is 0.212 e. The van der Waals surface area contributed by atoms with E-state index >= 15 is 0 Å². The van der Waals surface area contributed by atoms with E-state index in [1.807, 2.05) is 24.6 Å². The number of fused-ring (bicyclic) bond motifs is 1. The van der Waals surface area contributed by atoms with E-state index in [1.54, 1.807) is 7.11 Å². The molecule has 4 heteroatoms. The van der Waals surface area contributed by atoms with Gasteiger partial charge in [-0.1, -0.05) is 13.8 Å². The van der Waals surface area contributed by atoms with Gasteiger partial charge in [0.2, 0.25) is 5.88 Å². The van der Waals surface area contributed by atoms with Crippen molar-refractivity contribution in [1.82, 2.24) is 9.78 Å². The second-order valence-electron chi connectivity index (χ2n) is 3.35. The number of methoxy groups -OCH3 is 1. The Morgan fingerprint density at radius 2 is 2.33 bits per heavy atom. The second kappa shape index (κ2) is 5.75.